The number of phosphoric ester groups is 1. The average Bonchev–Trinajstić information content (AvgIpc) is 2.14. The summed E-state index contributed by atoms with van der Waals surface area (Å²) >= 11 is 0. The molecule has 0 fully saturated rings. The zero-order valence-corrected chi connectivity index (χ0v) is 61.7. The molecular weight excluding hydrogens is 1160 g/mol. The van der Waals surface area contributed by atoms with Crippen molar-refractivity contribution < 1.29 is 42.1 Å². The molecule has 9 nitrogen and oxygen atoms in total. The van der Waals surface area contributed by atoms with Crippen LogP contribution in [0.5, 0.6) is 0 Å². The molecule has 92 heavy (non-hydrogen) atoms. The molecule has 2 atom stereocenters. The van der Waals surface area contributed by atoms with Crippen LogP contribution in [-0.4, -0.2) is 74.9 Å². The Balaban J connectivity index is 3.98. The number of unbranched alkanes of at least 4 members (excludes halogenated alkanes) is 39. The molecule has 0 heterocycles. The van der Waals surface area contributed by atoms with Crippen LogP contribution in [0.2, 0.25) is 0 Å². The fraction of sp³-hybridized carbons (Fsp3) is 0.756. The number of hydrogen-bond donors (Lipinski definition) is 1. The third-order valence-corrected chi connectivity index (χ3v) is 17.8. The van der Waals surface area contributed by atoms with Crippen LogP contribution in [0, 0.1) is 0 Å². The highest BCUT2D eigenvalue weighted by atomic mass is 31.2. The Morgan fingerprint density at radius 1 is 0.348 bits per heavy atom. The summed E-state index contributed by atoms with van der Waals surface area (Å²) in [5, 5.41) is 0. The van der Waals surface area contributed by atoms with Crippen LogP contribution in [0.1, 0.15) is 348 Å². The first-order chi connectivity index (χ1) is 45.0. The summed E-state index contributed by atoms with van der Waals surface area (Å²) in [5.74, 6) is -0.843. The van der Waals surface area contributed by atoms with Crippen molar-refractivity contribution >= 4 is 19.8 Å². The smallest absolute Gasteiger partial charge is 0.462 e. The van der Waals surface area contributed by atoms with Crippen molar-refractivity contribution in [1.82, 2.24) is 0 Å². The molecule has 0 aromatic carbocycles. The Kier molecular flexibility index (Phi) is 69.3. The summed E-state index contributed by atoms with van der Waals surface area (Å²) in [4.78, 5) is 35.9. The second kappa shape index (κ2) is 72.0. The third kappa shape index (κ3) is 75.7. The molecule has 0 rings (SSSR count). The Morgan fingerprint density at radius 2 is 0.620 bits per heavy atom. The topological polar surface area (TPSA) is 108 Å². The maximum absolute atomic E-state index is 12.9. The minimum absolute atomic E-state index is 0.0189. The second-order valence-electron chi connectivity index (χ2n) is 27.0. The highest BCUT2D eigenvalue weighted by molar-refractivity contribution is 7.47. The van der Waals surface area contributed by atoms with Gasteiger partial charge in [0.15, 0.2) is 6.10 Å². The number of nitrogens with zero attached hydrogens (tertiary/aromatic N) is 1. The van der Waals surface area contributed by atoms with Crippen molar-refractivity contribution in [1.29, 1.82) is 0 Å². The van der Waals surface area contributed by atoms with Gasteiger partial charge in [-0.3, -0.25) is 18.6 Å². The Labute approximate surface area is 569 Å². The van der Waals surface area contributed by atoms with E-state index in [9.17, 15) is 19.0 Å². The number of phosphoric acid groups is 1. The maximum Gasteiger partial charge on any atom is 0.472 e. The van der Waals surface area contributed by atoms with E-state index in [1.165, 1.54) is 231 Å². The SMILES string of the molecule is CC/C=C\C/C=C\C/C=C\C/C=C\C/C=C\C/C=C\C/C=C\C/C=C\CCCCC(=O)OC(COC(=O)CCCCCCCCCCCCCCCCCCCCCCCCCCCCCCC/C=C\CCCCCCCCCC)COP(=O)(O)OCC[N+](C)(C)C. The van der Waals surface area contributed by atoms with Gasteiger partial charge >= 0.3 is 19.8 Å². The number of likely N-dealkylation sites (N-methyl/N-ethyl adjacent to an activating group) is 1. The molecule has 0 amide bonds. The van der Waals surface area contributed by atoms with Gasteiger partial charge in [-0.25, -0.2) is 4.57 Å². The van der Waals surface area contributed by atoms with Crippen LogP contribution in [0.15, 0.2) is 109 Å². The molecule has 0 aliphatic heterocycles. The first-order valence-corrected chi connectivity index (χ1v) is 40.1. The Hall–Kier alpha value is -3.33. The Morgan fingerprint density at radius 3 is 0.957 bits per heavy atom. The number of hydrogen-bond acceptors (Lipinski definition) is 7. The molecule has 0 aliphatic carbocycles. The lowest BCUT2D eigenvalue weighted by atomic mass is 10.0. The van der Waals surface area contributed by atoms with E-state index in [-0.39, 0.29) is 32.0 Å². The highest BCUT2D eigenvalue weighted by Gasteiger charge is 2.27. The van der Waals surface area contributed by atoms with Crippen LogP contribution in [-0.2, 0) is 32.7 Å². The molecule has 532 valence electrons. The Bertz CT molecular complexity index is 1920. The van der Waals surface area contributed by atoms with Gasteiger partial charge in [-0.05, 0) is 103 Å². The number of rotatable bonds is 71. The largest absolute Gasteiger partial charge is 0.472 e. The number of esters is 2. The van der Waals surface area contributed by atoms with Gasteiger partial charge in [0.25, 0.3) is 0 Å². The third-order valence-electron chi connectivity index (χ3n) is 16.8. The van der Waals surface area contributed by atoms with Crippen LogP contribution in [0.3, 0.4) is 0 Å². The van der Waals surface area contributed by atoms with E-state index in [1.807, 2.05) is 21.1 Å². The molecular formula is C82H147NO8P+. The fourth-order valence-electron chi connectivity index (χ4n) is 10.9. The van der Waals surface area contributed by atoms with Crippen LogP contribution in [0.25, 0.3) is 0 Å². The van der Waals surface area contributed by atoms with E-state index in [0.29, 0.717) is 17.4 Å². The zero-order valence-electron chi connectivity index (χ0n) is 60.8. The molecule has 0 aromatic heterocycles. The lowest BCUT2D eigenvalue weighted by molar-refractivity contribution is -0.870. The molecule has 0 saturated carbocycles. The lowest BCUT2D eigenvalue weighted by Crippen LogP contribution is -2.37. The van der Waals surface area contributed by atoms with Crippen LogP contribution in [0.4, 0.5) is 0 Å². The van der Waals surface area contributed by atoms with Crippen LogP contribution < -0.4 is 0 Å². The van der Waals surface area contributed by atoms with Crippen LogP contribution >= 0.6 is 7.82 Å². The van der Waals surface area contributed by atoms with E-state index in [2.05, 4.69) is 123 Å². The van der Waals surface area contributed by atoms with E-state index in [4.69, 9.17) is 18.5 Å². The van der Waals surface area contributed by atoms with Crippen molar-refractivity contribution in [3.8, 4) is 0 Å². The van der Waals surface area contributed by atoms with Gasteiger partial charge < -0.3 is 18.9 Å². The van der Waals surface area contributed by atoms with E-state index in [0.717, 1.165) is 83.5 Å². The average molecular weight is 1310 g/mol. The van der Waals surface area contributed by atoms with Gasteiger partial charge in [0.05, 0.1) is 27.7 Å². The molecule has 1 N–H and O–H groups in total. The summed E-state index contributed by atoms with van der Waals surface area (Å²) < 4.78 is 34.7. The van der Waals surface area contributed by atoms with Crippen molar-refractivity contribution in [3.63, 3.8) is 0 Å². The molecule has 0 spiro atoms. The number of allylic oxidation sites excluding steroid dienone is 18. The molecule has 0 saturated heterocycles. The highest BCUT2D eigenvalue weighted by Crippen LogP contribution is 2.43. The molecule has 0 aliphatic rings. The summed E-state index contributed by atoms with van der Waals surface area (Å²) in [5.41, 5.74) is 0. The quantitative estimate of drug-likeness (QED) is 0.0211. The standard InChI is InChI=1S/C82H146NO8P/c1-6-8-10-12-14-16-18-20-22-24-26-28-30-32-34-35-36-37-38-39-40-41-42-43-44-45-46-47-49-50-52-54-56-58-60-62-64-66-68-70-72-74-81(84)88-78-80(79-90-92(86,87)89-77-76-83(3,4)5)91-82(85)75-73-71-69-67-65-63-61-59-57-55-53-51-48-33-31-29-27-25-23-21-19-17-15-13-11-9-7-2/h9,11,15,17,21,23-24,26-27,29,33,48,53,55,59,61,65,67,80H,6-8,10,12-14,16,18-20,22,25,28,30-32,34-47,49-52,54,56-58,60,62-64,66,68-79H2,1-5H3/p+1/b11-9-,17-15-,23-21-,26-24-,29-27-,48-33-,55-53-,61-59-,67-65-. The zero-order chi connectivity index (χ0) is 66.9. The fourth-order valence-corrected chi connectivity index (χ4v) is 11.7. The molecule has 0 radical (unpaired) electrons. The van der Waals surface area contributed by atoms with E-state index in [1.54, 1.807) is 0 Å². The minimum Gasteiger partial charge on any atom is -0.462 e. The van der Waals surface area contributed by atoms with Crippen molar-refractivity contribution in [3.05, 3.63) is 109 Å². The molecule has 0 bridgehead atoms. The normalized spacial score (nSPS) is 13.7. The predicted molar refractivity (Wildman–Crippen MR) is 399 cm³/mol. The van der Waals surface area contributed by atoms with Crippen molar-refractivity contribution in [2.45, 2.75) is 354 Å². The number of carbonyl (C=O) groups is 2. The monoisotopic (exact) mass is 1310 g/mol. The lowest BCUT2D eigenvalue weighted by Gasteiger charge is -2.24. The van der Waals surface area contributed by atoms with Gasteiger partial charge in [-0.2, -0.15) is 0 Å². The summed E-state index contributed by atoms with van der Waals surface area (Å²) in [6, 6.07) is 0. The number of carbonyl (C=O) groups excluding carboxylic acids is 2. The molecule has 10 heteroatoms. The van der Waals surface area contributed by atoms with Gasteiger partial charge in [0.1, 0.15) is 19.8 Å². The molecule has 2 unspecified atom stereocenters. The number of ether oxygens (including phenoxy) is 2. The van der Waals surface area contributed by atoms with Gasteiger partial charge in [-0.15, -0.1) is 0 Å². The number of quaternary nitrogens is 1. The van der Waals surface area contributed by atoms with E-state index < -0.39 is 26.5 Å². The van der Waals surface area contributed by atoms with Crippen molar-refractivity contribution in [2.75, 3.05) is 47.5 Å². The van der Waals surface area contributed by atoms with Gasteiger partial charge in [0, 0.05) is 12.8 Å². The predicted octanol–water partition coefficient (Wildman–Crippen LogP) is 25.6. The summed E-state index contributed by atoms with van der Waals surface area (Å²) in [6.07, 6.45) is 102. The first kappa shape index (κ1) is 88.7. The van der Waals surface area contributed by atoms with E-state index >= 15 is 0 Å². The maximum atomic E-state index is 12.9. The summed E-state index contributed by atoms with van der Waals surface area (Å²) in [6.45, 7) is 4.30. The molecule has 0 aromatic rings. The van der Waals surface area contributed by atoms with Gasteiger partial charge in [0.2, 0.25) is 0 Å². The summed E-state index contributed by atoms with van der Waals surface area (Å²) in [7, 11) is 1.45. The first-order valence-electron chi connectivity index (χ1n) is 38.6. The minimum atomic E-state index is -4.41. The second-order valence-corrected chi connectivity index (χ2v) is 28.5. The van der Waals surface area contributed by atoms with Crippen molar-refractivity contribution in [2.24, 2.45) is 0 Å². The van der Waals surface area contributed by atoms with Gasteiger partial charge in [-0.1, -0.05) is 342 Å².